The molecule has 5 nitrogen and oxygen atoms in total. The Morgan fingerprint density at radius 3 is 2.58 bits per heavy atom. The van der Waals surface area contributed by atoms with Gasteiger partial charge in [-0.2, -0.15) is 0 Å². The number of nitrogens with one attached hydrogen (secondary N) is 2. The smallest absolute Gasteiger partial charge is 0.191 e. The van der Waals surface area contributed by atoms with Crippen LogP contribution in [0.15, 0.2) is 23.2 Å². The van der Waals surface area contributed by atoms with Gasteiger partial charge in [0, 0.05) is 43.9 Å². The van der Waals surface area contributed by atoms with E-state index in [1.54, 1.807) is 20.2 Å². The van der Waals surface area contributed by atoms with Crippen LogP contribution >= 0.6 is 47.2 Å². The van der Waals surface area contributed by atoms with Crippen LogP contribution in [0.3, 0.4) is 0 Å². The lowest BCUT2D eigenvalue weighted by molar-refractivity contribution is 0.0689. The Balaban J connectivity index is 0.00000529. The molecule has 0 heterocycles. The zero-order valence-electron chi connectivity index (χ0n) is 14.1. The van der Waals surface area contributed by atoms with E-state index in [9.17, 15) is 0 Å². The van der Waals surface area contributed by atoms with Crippen molar-refractivity contribution >= 4 is 53.1 Å². The summed E-state index contributed by atoms with van der Waals surface area (Å²) in [5, 5.41) is 7.77. The first-order valence-electron chi connectivity index (χ1n) is 7.62. The quantitative estimate of drug-likeness (QED) is 0.227. The number of benzene rings is 1. The Labute approximate surface area is 171 Å². The average Bonchev–Trinajstić information content (AvgIpc) is 2.54. The first-order chi connectivity index (χ1) is 11.2. The van der Waals surface area contributed by atoms with Crippen LogP contribution in [-0.4, -0.2) is 46.5 Å². The van der Waals surface area contributed by atoms with Gasteiger partial charge in [-0.1, -0.05) is 29.3 Å². The molecule has 0 radical (unpaired) electrons. The van der Waals surface area contributed by atoms with Crippen LogP contribution in [0.25, 0.3) is 0 Å². The molecule has 0 aliphatic carbocycles. The molecule has 0 aliphatic rings. The maximum atomic E-state index is 6.15. The third-order valence-electron chi connectivity index (χ3n) is 3.12. The molecular formula is C16H26Cl2IN3O2. The van der Waals surface area contributed by atoms with Gasteiger partial charge in [-0.05, 0) is 30.5 Å². The van der Waals surface area contributed by atoms with E-state index in [2.05, 4.69) is 15.6 Å². The topological polar surface area (TPSA) is 54.9 Å². The molecule has 8 heteroatoms. The lowest BCUT2D eigenvalue weighted by Crippen LogP contribution is -2.37. The Hall–Kier alpha value is -0.280. The number of unbranched alkanes of at least 4 members (excludes halogenated alkanes) is 1. The van der Waals surface area contributed by atoms with E-state index in [-0.39, 0.29) is 24.0 Å². The Morgan fingerprint density at radius 2 is 1.92 bits per heavy atom. The van der Waals surface area contributed by atoms with Crippen molar-refractivity contribution in [3.05, 3.63) is 33.8 Å². The van der Waals surface area contributed by atoms with Gasteiger partial charge < -0.3 is 20.1 Å². The minimum Gasteiger partial charge on any atom is -0.382 e. The fourth-order valence-electron chi connectivity index (χ4n) is 1.84. The van der Waals surface area contributed by atoms with Crippen molar-refractivity contribution < 1.29 is 9.47 Å². The molecule has 1 aromatic carbocycles. The molecule has 2 N–H and O–H groups in total. The first kappa shape index (κ1) is 23.7. The van der Waals surface area contributed by atoms with Crippen LogP contribution in [0.5, 0.6) is 0 Å². The van der Waals surface area contributed by atoms with Gasteiger partial charge in [0.1, 0.15) is 0 Å². The largest absolute Gasteiger partial charge is 0.382 e. The van der Waals surface area contributed by atoms with Crippen LogP contribution in [0.1, 0.15) is 18.4 Å². The highest BCUT2D eigenvalue weighted by Crippen LogP contribution is 2.20. The van der Waals surface area contributed by atoms with E-state index in [1.165, 1.54) is 0 Å². The van der Waals surface area contributed by atoms with Crippen molar-refractivity contribution in [3.8, 4) is 0 Å². The van der Waals surface area contributed by atoms with Crippen LogP contribution in [-0.2, 0) is 16.0 Å². The Kier molecular flexibility index (Phi) is 14.8. The van der Waals surface area contributed by atoms with Gasteiger partial charge in [0.25, 0.3) is 0 Å². The predicted molar refractivity (Wildman–Crippen MR) is 112 cm³/mol. The van der Waals surface area contributed by atoms with Crippen molar-refractivity contribution in [2.75, 3.05) is 40.5 Å². The molecular weight excluding hydrogens is 464 g/mol. The summed E-state index contributed by atoms with van der Waals surface area (Å²) in [5.74, 6) is 0.747. The molecule has 0 aromatic heterocycles. The molecule has 0 saturated heterocycles. The average molecular weight is 490 g/mol. The second kappa shape index (κ2) is 15.0. The van der Waals surface area contributed by atoms with Gasteiger partial charge in [-0.25, -0.2) is 0 Å². The molecule has 0 unspecified atom stereocenters. The Bertz CT molecular complexity index is 490. The number of halogens is 3. The number of hydrogen-bond donors (Lipinski definition) is 2. The second-order valence-electron chi connectivity index (χ2n) is 4.90. The molecule has 0 aliphatic heterocycles. The van der Waals surface area contributed by atoms with Crippen molar-refractivity contribution in [3.63, 3.8) is 0 Å². The number of ether oxygens (including phenoxy) is 2. The van der Waals surface area contributed by atoms with E-state index in [4.69, 9.17) is 32.7 Å². The SMILES string of the molecule is CN=C(NCCCCOCCOC)NCc1ccc(Cl)cc1Cl.I. The van der Waals surface area contributed by atoms with Crippen molar-refractivity contribution in [2.45, 2.75) is 19.4 Å². The third-order valence-corrected chi connectivity index (χ3v) is 3.71. The maximum Gasteiger partial charge on any atom is 0.191 e. The van der Waals surface area contributed by atoms with Crippen molar-refractivity contribution in [1.82, 2.24) is 10.6 Å². The van der Waals surface area contributed by atoms with Crippen LogP contribution in [0.2, 0.25) is 10.0 Å². The molecule has 0 saturated carbocycles. The van der Waals surface area contributed by atoms with Crippen LogP contribution in [0, 0.1) is 0 Å². The highest BCUT2D eigenvalue weighted by Gasteiger charge is 2.03. The van der Waals surface area contributed by atoms with Gasteiger partial charge in [-0.15, -0.1) is 24.0 Å². The molecule has 1 rings (SSSR count). The van der Waals surface area contributed by atoms with Gasteiger partial charge in [0.2, 0.25) is 0 Å². The molecule has 138 valence electrons. The van der Waals surface area contributed by atoms with Crippen molar-refractivity contribution in [1.29, 1.82) is 0 Å². The van der Waals surface area contributed by atoms with Crippen molar-refractivity contribution in [2.24, 2.45) is 4.99 Å². The maximum absolute atomic E-state index is 6.15. The number of guanidine groups is 1. The van der Waals surface area contributed by atoms with E-state index < -0.39 is 0 Å². The van der Waals surface area contributed by atoms with Gasteiger partial charge in [0.15, 0.2) is 5.96 Å². The molecule has 0 bridgehead atoms. The summed E-state index contributed by atoms with van der Waals surface area (Å²) in [7, 11) is 3.41. The minimum absolute atomic E-state index is 0. The lowest BCUT2D eigenvalue weighted by atomic mass is 10.2. The number of aliphatic imine (C=N–C) groups is 1. The van der Waals surface area contributed by atoms with E-state index in [0.29, 0.717) is 29.8 Å². The fraction of sp³-hybridized carbons (Fsp3) is 0.562. The summed E-state index contributed by atoms with van der Waals surface area (Å²) < 4.78 is 10.3. The molecule has 0 atom stereocenters. The Morgan fingerprint density at radius 1 is 1.12 bits per heavy atom. The summed E-state index contributed by atoms with van der Waals surface area (Å²) in [6, 6.07) is 5.46. The fourth-order valence-corrected chi connectivity index (χ4v) is 2.32. The molecule has 0 amide bonds. The third kappa shape index (κ3) is 10.6. The number of methoxy groups -OCH3 is 1. The summed E-state index contributed by atoms with van der Waals surface area (Å²) in [6.45, 7) is 3.46. The van der Waals surface area contributed by atoms with E-state index in [1.807, 2.05) is 12.1 Å². The zero-order chi connectivity index (χ0) is 16.9. The molecule has 24 heavy (non-hydrogen) atoms. The normalized spacial score (nSPS) is 11.1. The van der Waals surface area contributed by atoms with E-state index >= 15 is 0 Å². The van der Waals surface area contributed by atoms with Gasteiger partial charge in [0.05, 0.1) is 13.2 Å². The van der Waals surface area contributed by atoms with Crippen LogP contribution < -0.4 is 10.6 Å². The summed E-state index contributed by atoms with van der Waals surface area (Å²) >= 11 is 12.0. The predicted octanol–water partition coefficient (Wildman–Crippen LogP) is 3.72. The number of hydrogen-bond acceptors (Lipinski definition) is 3. The number of rotatable bonds is 10. The lowest BCUT2D eigenvalue weighted by Gasteiger charge is -2.13. The van der Waals surface area contributed by atoms with E-state index in [0.717, 1.165) is 37.5 Å². The second-order valence-corrected chi connectivity index (χ2v) is 5.74. The molecule has 1 aromatic rings. The van der Waals surface area contributed by atoms with Crippen LogP contribution in [0.4, 0.5) is 0 Å². The summed E-state index contributed by atoms with van der Waals surface area (Å²) in [4.78, 5) is 4.19. The summed E-state index contributed by atoms with van der Waals surface area (Å²) in [6.07, 6.45) is 2.01. The molecule has 0 fully saturated rings. The zero-order valence-corrected chi connectivity index (χ0v) is 18.0. The summed E-state index contributed by atoms with van der Waals surface area (Å²) in [5.41, 5.74) is 0.977. The highest BCUT2D eigenvalue weighted by molar-refractivity contribution is 14.0. The first-order valence-corrected chi connectivity index (χ1v) is 8.38. The number of nitrogens with zero attached hydrogens (tertiary/aromatic N) is 1. The molecule has 0 spiro atoms. The van der Waals surface area contributed by atoms with Gasteiger partial charge >= 0.3 is 0 Å². The monoisotopic (exact) mass is 489 g/mol. The highest BCUT2D eigenvalue weighted by atomic mass is 127. The standard InChI is InChI=1S/C16H25Cl2N3O2.HI/c1-19-16(20-7-3-4-8-23-10-9-22-2)21-12-13-5-6-14(17)11-15(13)18;/h5-6,11H,3-4,7-10,12H2,1-2H3,(H2,19,20,21);1H. The van der Waals surface area contributed by atoms with Gasteiger partial charge in [-0.3, -0.25) is 4.99 Å². The minimum atomic E-state index is 0.